The third-order valence-corrected chi connectivity index (χ3v) is 5.12. The first-order valence-corrected chi connectivity index (χ1v) is 8.61. The maximum absolute atomic E-state index is 13.5. The summed E-state index contributed by atoms with van der Waals surface area (Å²) in [5.41, 5.74) is 1.35. The van der Waals surface area contributed by atoms with Gasteiger partial charge in [0.05, 0.1) is 21.4 Å². The van der Waals surface area contributed by atoms with E-state index in [1.165, 1.54) is 6.07 Å². The number of hydrogen-bond donors (Lipinski definition) is 0. The largest absolute Gasteiger partial charge is 0.326 e. The second kappa shape index (κ2) is 5.89. The summed E-state index contributed by atoms with van der Waals surface area (Å²) in [5.74, 6) is 0.536. The van der Waals surface area contributed by atoms with E-state index in [9.17, 15) is 8.60 Å². The van der Waals surface area contributed by atoms with E-state index < -0.39 is 10.8 Å². The fourth-order valence-electron chi connectivity index (χ4n) is 1.84. The Kier molecular flexibility index (Phi) is 4.63. The van der Waals surface area contributed by atoms with Crippen LogP contribution in [0, 0.1) is 5.82 Å². The van der Waals surface area contributed by atoms with Crippen LogP contribution in [0.1, 0.15) is 12.7 Å². The molecule has 2 unspecified atom stereocenters. The molecule has 0 aliphatic heterocycles. The predicted molar refractivity (Wildman–Crippen MR) is 80.5 cm³/mol. The fraction of sp³-hybridized carbons (Fsp3) is 0.417. The van der Waals surface area contributed by atoms with Gasteiger partial charge in [0.1, 0.15) is 11.6 Å². The Morgan fingerprint density at radius 3 is 2.84 bits per heavy atom. The first-order valence-electron chi connectivity index (χ1n) is 5.66. The number of hydrogen-bond acceptors (Lipinski definition) is 2. The molecule has 7 heteroatoms. The van der Waals surface area contributed by atoms with Crippen molar-refractivity contribution in [1.82, 2.24) is 9.55 Å². The Labute approximate surface area is 126 Å². The van der Waals surface area contributed by atoms with E-state index >= 15 is 0 Å². The van der Waals surface area contributed by atoms with Crippen LogP contribution in [0.15, 0.2) is 16.6 Å². The first kappa shape index (κ1) is 14.9. The van der Waals surface area contributed by atoms with Gasteiger partial charge < -0.3 is 4.57 Å². The Morgan fingerprint density at radius 2 is 2.26 bits per heavy atom. The zero-order valence-electron chi connectivity index (χ0n) is 10.5. The van der Waals surface area contributed by atoms with E-state index in [0.29, 0.717) is 22.4 Å². The molecule has 0 spiro atoms. The highest BCUT2D eigenvalue weighted by Crippen LogP contribution is 2.25. The molecule has 0 saturated heterocycles. The van der Waals surface area contributed by atoms with Crippen molar-refractivity contribution in [2.45, 2.75) is 24.6 Å². The van der Waals surface area contributed by atoms with Gasteiger partial charge in [0.15, 0.2) is 0 Å². The Hall–Kier alpha value is -0.460. The molecule has 1 aromatic carbocycles. The molecule has 2 atom stereocenters. The smallest absolute Gasteiger partial charge is 0.139 e. The molecule has 104 valence electrons. The van der Waals surface area contributed by atoms with Crippen LogP contribution in [0.3, 0.4) is 0 Å². The van der Waals surface area contributed by atoms with Gasteiger partial charge in [-0.15, -0.1) is 11.6 Å². The molecule has 1 aromatic heterocycles. The molecule has 2 rings (SSSR count). The molecule has 1 heterocycles. The summed E-state index contributed by atoms with van der Waals surface area (Å²) in [6, 6.07) is 3.05. The molecule has 0 aliphatic rings. The first-order chi connectivity index (χ1) is 8.93. The normalized spacial score (nSPS) is 14.8. The number of aromatic nitrogens is 2. The highest BCUT2D eigenvalue weighted by atomic mass is 79.9. The van der Waals surface area contributed by atoms with Gasteiger partial charge >= 0.3 is 0 Å². The van der Waals surface area contributed by atoms with Gasteiger partial charge in [-0.1, -0.05) is 0 Å². The van der Waals surface area contributed by atoms with Gasteiger partial charge in [-0.25, -0.2) is 9.37 Å². The number of benzene rings is 1. The van der Waals surface area contributed by atoms with E-state index in [0.717, 1.165) is 5.52 Å². The van der Waals surface area contributed by atoms with Gasteiger partial charge in [-0.05, 0) is 28.9 Å². The van der Waals surface area contributed by atoms with Crippen LogP contribution < -0.4 is 0 Å². The minimum Gasteiger partial charge on any atom is -0.326 e. The molecule has 0 bridgehead atoms. The van der Waals surface area contributed by atoms with Crippen LogP contribution >= 0.6 is 27.5 Å². The van der Waals surface area contributed by atoms with Crippen LogP contribution in [0.4, 0.5) is 4.39 Å². The van der Waals surface area contributed by atoms with Gasteiger partial charge in [0.2, 0.25) is 0 Å². The predicted octanol–water partition coefficient (Wildman–Crippen LogP) is 3.44. The summed E-state index contributed by atoms with van der Waals surface area (Å²) in [5, 5.41) is -0.0248. The summed E-state index contributed by atoms with van der Waals surface area (Å²) in [4.78, 5) is 4.32. The van der Waals surface area contributed by atoms with Gasteiger partial charge in [0, 0.05) is 34.9 Å². The number of fused-ring (bicyclic) bond motifs is 1. The van der Waals surface area contributed by atoms with E-state index in [1.807, 2.05) is 11.5 Å². The van der Waals surface area contributed by atoms with Crippen molar-refractivity contribution in [2.75, 3.05) is 6.26 Å². The lowest BCUT2D eigenvalue weighted by atomic mass is 10.3. The number of alkyl halides is 1. The standard InChI is InChI=1S/C12H13BrClFN2OS/c1-7(19(2)18)6-17-11-3-8(13)9(15)4-10(11)16-12(17)5-14/h3-4,7H,5-6H2,1-2H3. The highest BCUT2D eigenvalue weighted by molar-refractivity contribution is 9.10. The molecule has 0 aliphatic carbocycles. The molecule has 2 aromatic rings. The third kappa shape index (κ3) is 3.01. The zero-order chi connectivity index (χ0) is 14.2. The summed E-state index contributed by atoms with van der Waals surface area (Å²) >= 11 is 9.05. The molecule has 0 radical (unpaired) electrons. The van der Waals surface area contributed by atoms with E-state index in [4.69, 9.17) is 11.6 Å². The average Bonchev–Trinajstić information content (AvgIpc) is 2.67. The van der Waals surface area contributed by atoms with Crippen molar-refractivity contribution in [3.63, 3.8) is 0 Å². The van der Waals surface area contributed by atoms with Crippen LogP contribution in [0.2, 0.25) is 0 Å². The van der Waals surface area contributed by atoms with Crippen molar-refractivity contribution in [2.24, 2.45) is 0 Å². The molecule has 0 amide bonds. The van der Waals surface area contributed by atoms with E-state index in [2.05, 4.69) is 20.9 Å². The lowest BCUT2D eigenvalue weighted by Crippen LogP contribution is -2.18. The Bertz CT molecular complexity index is 646. The zero-order valence-corrected chi connectivity index (χ0v) is 13.6. The van der Waals surface area contributed by atoms with Gasteiger partial charge in [-0.2, -0.15) is 0 Å². The highest BCUT2D eigenvalue weighted by Gasteiger charge is 2.16. The van der Waals surface area contributed by atoms with Crippen molar-refractivity contribution >= 4 is 49.4 Å². The summed E-state index contributed by atoms with van der Waals surface area (Å²) in [7, 11) is -0.935. The van der Waals surface area contributed by atoms with Crippen LogP contribution in [0.5, 0.6) is 0 Å². The molecule has 0 saturated carbocycles. The lowest BCUT2D eigenvalue weighted by molar-refractivity contribution is 0.622. The molecular weight excluding hydrogens is 355 g/mol. The number of halogens is 3. The lowest BCUT2D eigenvalue weighted by Gasteiger charge is -2.12. The van der Waals surface area contributed by atoms with E-state index in [-0.39, 0.29) is 16.9 Å². The van der Waals surface area contributed by atoms with Crippen LogP contribution in [-0.2, 0) is 23.2 Å². The van der Waals surface area contributed by atoms with Crippen molar-refractivity contribution in [1.29, 1.82) is 0 Å². The van der Waals surface area contributed by atoms with Crippen LogP contribution in [0.25, 0.3) is 11.0 Å². The number of imidazole rings is 1. The van der Waals surface area contributed by atoms with Crippen molar-refractivity contribution in [3.8, 4) is 0 Å². The molecule has 0 fully saturated rings. The Morgan fingerprint density at radius 1 is 1.58 bits per heavy atom. The van der Waals surface area contributed by atoms with Crippen molar-refractivity contribution in [3.05, 3.63) is 28.2 Å². The third-order valence-electron chi connectivity index (χ3n) is 3.00. The maximum atomic E-state index is 13.5. The minimum atomic E-state index is -0.935. The summed E-state index contributed by atoms with van der Waals surface area (Å²) in [6.07, 6.45) is 1.67. The molecule has 3 nitrogen and oxygen atoms in total. The summed E-state index contributed by atoms with van der Waals surface area (Å²) < 4.78 is 27.3. The second-order valence-electron chi connectivity index (χ2n) is 4.34. The quantitative estimate of drug-likeness (QED) is 0.776. The molecule has 19 heavy (non-hydrogen) atoms. The summed E-state index contributed by atoms with van der Waals surface area (Å²) in [6.45, 7) is 2.44. The maximum Gasteiger partial charge on any atom is 0.139 e. The Balaban J connectivity index is 2.56. The second-order valence-corrected chi connectivity index (χ2v) is 7.26. The van der Waals surface area contributed by atoms with Crippen LogP contribution in [-0.4, -0.2) is 25.3 Å². The monoisotopic (exact) mass is 366 g/mol. The van der Waals surface area contributed by atoms with Gasteiger partial charge in [0.25, 0.3) is 0 Å². The average molecular weight is 368 g/mol. The number of nitrogens with zero attached hydrogens (tertiary/aromatic N) is 2. The number of rotatable bonds is 4. The molecular formula is C12H13BrClFN2OS. The topological polar surface area (TPSA) is 34.9 Å². The van der Waals surface area contributed by atoms with Crippen molar-refractivity contribution < 1.29 is 8.60 Å². The molecule has 0 N–H and O–H groups in total. The minimum absolute atomic E-state index is 0.0248. The fourth-order valence-corrected chi connectivity index (χ4v) is 2.73. The SMILES string of the molecule is CC(Cn1c(CCl)nc2cc(F)c(Br)cc21)S(C)=O. The van der Waals surface area contributed by atoms with Gasteiger partial charge in [-0.3, -0.25) is 4.21 Å². The van der Waals surface area contributed by atoms with E-state index in [1.54, 1.807) is 12.3 Å².